The van der Waals surface area contributed by atoms with Crippen molar-refractivity contribution in [3.63, 3.8) is 0 Å². The number of hydrogen-bond acceptors (Lipinski definition) is 5. The summed E-state index contributed by atoms with van der Waals surface area (Å²) < 4.78 is 10.7. The molecule has 3 N–H and O–H groups in total. The number of ether oxygens (including phenoxy) is 2. The van der Waals surface area contributed by atoms with E-state index < -0.39 is 0 Å². The maximum atomic E-state index is 5.88. The molecule has 1 aromatic rings. The third-order valence-corrected chi connectivity index (χ3v) is 3.75. The number of nitrogens with zero attached hydrogens (tertiary/aromatic N) is 1. The van der Waals surface area contributed by atoms with Gasteiger partial charge in [-0.15, -0.1) is 0 Å². The van der Waals surface area contributed by atoms with Gasteiger partial charge in [0.05, 0.1) is 0 Å². The molecule has 1 unspecified atom stereocenters. The largest absolute Gasteiger partial charge is 0.454 e. The van der Waals surface area contributed by atoms with Gasteiger partial charge in [0.1, 0.15) is 0 Å². The molecular formula is C15H25N3O2. The zero-order valence-electron chi connectivity index (χ0n) is 12.4. The number of nitrogens with two attached hydrogens (primary N) is 1. The molecule has 1 atom stereocenters. The van der Waals surface area contributed by atoms with Crippen LogP contribution in [0.5, 0.6) is 11.5 Å². The van der Waals surface area contributed by atoms with E-state index in [9.17, 15) is 0 Å². The minimum atomic E-state index is 0.153. The SMILES string of the molecule is CCN(CC)CCNC(CN)c1ccc2c(c1)OCO2. The summed E-state index contributed by atoms with van der Waals surface area (Å²) >= 11 is 0. The second kappa shape index (κ2) is 7.47. The molecule has 1 aromatic carbocycles. The molecule has 0 saturated heterocycles. The standard InChI is InChI=1S/C15H25N3O2/c1-3-18(4-2)8-7-17-13(10-16)12-5-6-14-15(9-12)20-11-19-14/h5-6,9,13,17H,3-4,7-8,10-11,16H2,1-2H3. The Hall–Kier alpha value is -1.30. The first-order valence-corrected chi connectivity index (χ1v) is 7.33. The summed E-state index contributed by atoms with van der Waals surface area (Å²) in [5, 5.41) is 3.51. The number of benzene rings is 1. The van der Waals surface area contributed by atoms with Gasteiger partial charge in [-0.25, -0.2) is 0 Å². The predicted molar refractivity (Wildman–Crippen MR) is 80.2 cm³/mol. The van der Waals surface area contributed by atoms with Gasteiger partial charge < -0.3 is 25.4 Å². The van der Waals surface area contributed by atoms with Crippen molar-refractivity contribution in [1.29, 1.82) is 0 Å². The molecule has 0 bridgehead atoms. The van der Waals surface area contributed by atoms with E-state index in [-0.39, 0.29) is 6.04 Å². The topological polar surface area (TPSA) is 59.8 Å². The van der Waals surface area contributed by atoms with E-state index in [1.54, 1.807) is 0 Å². The van der Waals surface area contributed by atoms with E-state index in [2.05, 4.69) is 30.1 Å². The average molecular weight is 279 g/mol. The normalized spacial score (nSPS) is 14.8. The van der Waals surface area contributed by atoms with Gasteiger partial charge in [0.2, 0.25) is 6.79 Å². The van der Waals surface area contributed by atoms with E-state index in [4.69, 9.17) is 15.2 Å². The maximum Gasteiger partial charge on any atom is 0.231 e. The van der Waals surface area contributed by atoms with Crippen molar-refractivity contribution >= 4 is 0 Å². The molecule has 1 heterocycles. The van der Waals surface area contributed by atoms with Crippen LogP contribution in [0.3, 0.4) is 0 Å². The Balaban J connectivity index is 1.91. The van der Waals surface area contributed by atoms with Crippen LogP contribution in [0.25, 0.3) is 0 Å². The highest BCUT2D eigenvalue weighted by Crippen LogP contribution is 2.33. The molecule has 5 heteroatoms. The number of likely N-dealkylation sites (N-methyl/N-ethyl adjacent to an activating group) is 1. The minimum absolute atomic E-state index is 0.153. The molecule has 0 spiro atoms. The molecule has 0 saturated carbocycles. The molecule has 1 aliphatic heterocycles. The van der Waals surface area contributed by atoms with Crippen molar-refractivity contribution in [3.05, 3.63) is 23.8 Å². The summed E-state index contributed by atoms with van der Waals surface area (Å²) in [5.74, 6) is 1.62. The zero-order valence-corrected chi connectivity index (χ0v) is 12.4. The molecule has 0 aromatic heterocycles. The quantitative estimate of drug-likeness (QED) is 0.752. The summed E-state index contributed by atoms with van der Waals surface area (Å²) in [5.41, 5.74) is 7.03. The minimum Gasteiger partial charge on any atom is -0.454 e. The van der Waals surface area contributed by atoms with Crippen molar-refractivity contribution in [2.24, 2.45) is 5.73 Å². The summed E-state index contributed by atoms with van der Waals surface area (Å²) in [7, 11) is 0. The molecule has 0 radical (unpaired) electrons. The summed E-state index contributed by atoms with van der Waals surface area (Å²) in [4.78, 5) is 2.39. The Morgan fingerprint density at radius 1 is 1.25 bits per heavy atom. The first kappa shape index (κ1) is 15.1. The maximum absolute atomic E-state index is 5.88. The fourth-order valence-electron chi connectivity index (χ4n) is 2.40. The molecular weight excluding hydrogens is 254 g/mol. The van der Waals surface area contributed by atoms with E-state index in [0.29, 0.717) is 13.3 Å². The second-order valence-electron chi connectivity index (χ2n) is 4.88. The lowest BCUT2D eigenvalue weighted by Gasteiger charge is -2.22. The third-order valence-electron chi connectivity index (χ3n) is 3.75. The first-order chi connectivity index (χ1) is 9.78. The van der Waals surface area contributed by atoms with Gasteiger partial charge in [0.25, 0.3) is 0 Å². The molecule has 1 aliphatic rings. The number of rotatable bonds is 8. The molecule has 2 rings (SSSR count). The number of nitrogens with one attached hydrogen (secondary N) is 1. The molecule has 20 heavy (non-hydrogen) atoms. The number of hydrogen-bond donors (Lipinski definition) is 2. The van der Waals surface area contributed by atoms with Crippen molar-refractivity contribution in [1.82, 2.24) is 10.2 Å². The highest BCUT2D eigenvalue weighted by molar-refractivity contribution is 5.45. The van der Waals surface area contributed by atoms with Crippen LogP contribution in [0.4, 0.5) is 0 Å². The Kier molecular flexibility index (Phi) is 5.64. The van der Waals surface area contributed by atoms with Gasteiger partial charge in [-0.1, -0.05) is 19.9 Å². The van der Waals surface area contributed by atoms with E-state index in [1.807, 2.05) is 12.1 Å². The van der Waals surface area contributed by atoms with Crippen molar-refractivity contribution in [2.75, 3.05) is 39.5 Å². The van der Waals surface area contributed by atoms with E-state index in [1.165, 1.54) is 0 Å². The van der Waals surface area contributed by atoms with E-state index in [0.717, 1.165) is 43.2 Å². The predicted octanol–water partition coefficient (Wildman–Crippen LogP) is 1.35. The lowest BCUT2D eigenvalue weighted by Crippen LogP contribution is -2.36. The smallest absolute Gasteiger partial charge is 0.231 e. The highest BCUT2D eigenvalue weighted by Gasteiger charge is 2.17. The molecule has 0 aliphatic carbocycles. The molecule has 112 valence electrons. The van der Waals surface area contributed by atoms with Crippen LogP contribution in [-0.2, 0) is 0 Å². The number of fused-ring (bicyclic) bond motifs is 1. The Bertz CT molecular complexity index is 422. The Labute approximate surface area is 121 Å². The first-order valence-electron chi connectivity index (χ1n) is 7.33. The van der Waals surface area contributed by atoms with Crippen LogP contribution < -0.4 is 20.5 Å². The highest BCUT2D eigenvalue weighted by atomic mass is 16.7. The van der Waals surface area contributed by atoms with Crippen molar-refractivity contribution in [2.45, 2.75) is 19.9 Å². The van der Waals surface area contributed by atoms with Crippen LogP contribution in [0.2, 0.25) is 0 Å². The zero-order chi connectivity index (χ0) is 14.4. The third kappa shape index (κ3) is 3.62. The van der Waals surface area contributed by atoms with Gasteiger partial charge in [0.15, 0.2) is 11.5 Å². The van der Waals surface area contributed by atoms with Crippen molar-refractivity contribution in [3.8, 4) is 11.5 Å². The molecule has 0 amide bonds. The van der Waals surface area contributed by atoms with Gasteiger partial charge in [-0.2, -0.15) is 0 Å². The monoisotopic (exact) mass is 279 g/mol. The van der Waals surface area contributed by atoms with Crippen LogP contribution in [-0.4, -0.2) is 44.4 Å². The summed E-state index contributed by atoms with van der Waals surface area (Å²) in [6.07, 6.45) is 0. The van der Waals surface area contributed by atoms with Crippen molar-refractivity contribution < 1.29 is 9.47 Å². The lowest BCUT2D eigenvalue weighted by atomic mass is 10.1. The van der Waals surface area contributed by atoms with Gasteiger partial charge >= 0.3 is 0 Å². The Morgan fingerprint density at radius 3 is 2.70 bits per heavy atom. The van der Waals surface area contributed by atoms with Gasteiger partial charge in [-0.3, -0.25) is 0 Å². The summed E-state index contributed by atoms with van der Waals surface area (Å²) in [6.45, 7) is 9.36. The van der Waals surface area contributed by atoms with Crippen LogP contribution in [0.15, 0.2) is 18.2 Å². The van der Waals surface area contributed by atoms with Crippen LogP contribution in [0, 0.1) is 0 Å². The second-order valence-corrected chi connectivity index (χ2v) is 4.88. The Morgan fingerprint density at radius 2 is 2.00 bits per heavy atom. The fourth-order valence-corrected chi connectivity index (χ4v) is 2.40. The van der Waals surface area contributed by atoms with Crippen LogP contribution in [0.1, 0.15) is 25.5 Å². The average Bonchev–Trinajstić information content (AvgIpc) is 2.95. The van der Waals surface area contributed by atoms with E-state index >= 15 is 0 Å². The van der Waals surface area contributed by atoms with Gasteiger partial charge in [0, 0.05) is 25.7 Å². The fraction of sp³-hybridized carbons (Fsp3) is 0.600. The molecule has 5 nitrogen and oxygen atoms in total. The van der Waals surface area contributed by atoms with Crippen LogP contribution >= 0.6 is 0 Å². The van der Waals surface area contributed by atoms with Gasteiger partial charge in [-0.05, 0) is 30.8 Å². The lowest BCUT2D eigenvalue weighted by molar-refractivity contribution is 0.174. The molecule has 0 fully saturated rings. The summed E-state index contributed by atoms with van der Waals surface area (Å²) in [6, 6.07) is 6.17.